The summed E-state index contributed by atoms with van der Waals surface area (Å²) in [5.41, 5.74) is 9.71. The molecule has 18 nitrogen and oxygen atoms in total. The van der Waals surface area contributed by atoms with Crippen molar-refractivity contribution >= 4 is 83.1 Å². The van der Waals surface area contributed by atoms with Gasteiger partial charge in [0.1, 0.15) is 18.1 Å². The van der Waals surface area contributed by atoms with Gasteiger partial charge in [0.15, 0.2) is 0 Å². The van der Waals surface area contributed by atoms with Crippen LogP contribution in [0.1, 0.15) is 74.9 Å². The predicted octanol–water partition coefficient (Wildman–Crippen LogP) is 5.08. The second kappa shape index (κ2) is 22.7. The fraction of sp³-hybridized carbons (Fsp3) is 0.533. The SMILES string of the molecule is CC1(C)SCCN(S(=O)(=O)c2ccccc2)C1C(=O)NO.Cc1cc(C)c(C)c(S(=O)(=O)N2CCSC(C)(C)C2C(=O)NO)c1C.Cc1cc(C)cc(S(=O)(=O)N2CCSC(C)(C)C2C(=O)NO)c1. The first-order valence-electron chi connectivity index (χ1n) is 21.8. The van der Waals surface area contributed by atoms with Crippen LogP contribution in [0, 0.1) is 41.5 Å². The Hall–Kier alpha value is -3.27. The molecule has 3 heterocycles. The van der Waals surface area contributed by atoms with Gasteiger partial charge in [-0.2, -0.15) is 48.2 Å². The van der Waals surface area contributed by atoms with Crippen molar-refractivity contribution in [2.24, 2.45) is 0 Å². The average molecular weight is 1080 g/mol. The van der Waals surface area contributed by atoms with E-state index in [2.05, 4.69) is 0 Å². The molecule has 24 heteroatoms. The molecule has 0 aromatic heterocycles. The molecule has 3 saturated heterocycles. The number of hydrogen-bond donors (Lipinski definition) is 6. The first-order valence-corrected chi connectivity index (χ1v) is 29.1. The van der Waals surface area contributed by atoms with Crippen LogP contribution in [0.3, 0.4) is 0 Å². The summed E-state index contributed by atoms with van der Waals surface area (Å²) >= 11 is 4.55. The van der Waals surface area contributed by atoms with E-state index in [1.807, 2.05) is 53.7 Å². The van der Waals surface area contributed by atoms with Gasteiger partial charge in [-0.1, -0.05) is 30.3 Å². The highest BCUT2D eigenvalue weighted by Gasteiger charge is 2.51. The van der Waals surface area contributed by atoms with Gasteiger partial charge in [-0.3, -0.25) is 30.0 Å². The molecule has 6 rings (SSSR count). The van der Waals surface area contributed by atoms with Gasteiger partial charge in [0.05, 0.1) is 14.7 Å². The lowest BCUT2D eigenvalue weighted by atomic mass is 10.0. The quantitative estimate of drug-likeness (QED) is 0.121. The minimum absolute atomic E-state index is 0.142. The maximum Gasteiger partial charge on any atom is 0.263 e. The zero-order valence-corrected chi connectivity index (χ0v) is 45.9. The molecule has 0 aliphatic carbocycles. The molecule has 3 aromatic rings. The number of carbonyl (C=O) groups is 3. The lowest BCUT2D eigenvalue weighted by molar-refractivity contribution is -0.134. The molecule has 384 valence electrons. The van der Waals surface area contributed by atoms with E-state index in [0.717, 1.165) is 22.3 Å². The first kappa shape index (κ1) is 58.3. The van der Waals surface area contributed by atoms with Gasteiger partial charge < -0.3 is 0 Å². The fourth-order valence-electron chi connectivity index (χ4n) is 8.79. The van der Waals surface area contributed by atoms with Crippen molar-refractivity contribution in [2.45, 2.75) is 130 Å². The molecule has 3 amide bonds. The molecule has 3 fully saturated rings. The molecule has 3 aromatic carbocycles. The molecule has 0 radical (unpaired) electrons. The Morgan fingerprint density at radius 2 is 0.826 bits per heavy atom. The van der Waals surface area contributed by atoms with Gasteiger partial charge in [0.2, 0.25) is 30.1 Å². The topological polar surface area (TPSA) is 260 Å². The number of nitrogens with zero attached hydrogens (tertiary/aromatic N) is 3. The van der Waals surface area contributed by atoms with Crippen LogP contribution < -0.4 is 16.4 Å². The summed E-state index contributed by atoms with van der Waals surface area (Å²) < 4.78 is 80.3. The zero-order valence-electron chi connectivity index (χ0n) is 41.0. The molecule has 0 saturated carbocycles. The summed E-state index contributed by atoms with van der Waals surface area (Å²) in [4.78, 5) is 37.0. The molecule has 0 bridgehead atoms. The zero-order chi connectivity index (χ0) is 52.2. The van der Waals surface area contributed by atoms with Crippen molar-refractivity contribution in [1.29, 1.82) is 0 Å². The number of aryl methyl sites for hydroxylation is 4. The minimum atomic E-state index is -3.90. The van der Waals surface area contributed by atoms with Crippen LogP contribution in [0.4, 0.5) is 0 Å². The summed E-state index contributed by atoms with van der Waals surface area (Å²) in [5, 5.41) is 27.1. The van der Waals surface area contributed by atoms with Crippen molar-refractivity contribution < 1.29 is 55.3 Å². The third kappa shape index (κ3) is 12.7. The van der Waals surface area contributed by atoms with Crippen LogP contribution in [0.25, 0.3) is 0 Å². The van der Waals surface area contributed by atoms with Crippen LogP contribution >= 0.6 is 35.3 Å². The first-order chi connectivity index (χ1) is 31.8. The normalized spacial score (nSPS) is 21.9. The van der Waals surface area contributed by atoms with E-state index < -0.39 is 80.2 Å². The third-order valence-corrected chi connectivity index (χ3v) is 22.2. The number of benzene rings is 3. The molecule has 3 aliphatic rings. The van der Waals surface area contributed by atoms with Gasteiger partial charge in [-0.15, -0.1) is 0 Å². The van der Waals surface area contributed by atoms with Crippen LogP contribution in [-0.2, 0) is 44.5 Å². The molecule has 3 unspecified atom stereocenters. The predicted molar refractivity (Wildman–Crippen MR) is 270 cm³/mol. The van der Waals surface area contributed by atoms with Crippen molar-refractivity contribution in [2.75, 3.05) is 36.9 Å². The standard InChI is InChI=1S/C17H26N2O4S2.C15H22N2O4S2.C13H18N2O4S2/c1-10-9-11(2)13(4)14(12(10)3)25(22,23)19-7-8-24-17(5,6)15(19)16(20)18-21;1-10-7-11(2)9-12(8-10)23(20,21)17-5-6-22-15(3,4)13(17)14(18)16-19;1-13(2)11(12(16)14-17)15(8-9-20-13)21(18,19)10-6-4-3-5-7-10/h9,15,21H,7-8H2,1-6H3,(H,18,20);7-9,13,19H,5-6H2,1-4H3,(H,16,18);3-7,11,17H,8-9H2,1-2H3,(H,14,16). The number of hydroxylamine groups is 3. The van der Waals surface area contributed by atoms with Gasteiger partial charge >= 0.3 is 0 Å². The number of hydrogen-bond acceptors (Lipinski definition) is 15. The van der Waals surface area contributed by atoms with Crippen LogP contribution in [-0.4, -0.2) is 141 Å². The molecule has 6 N–H and O–H groups in total. The van der Waals surface area contributed by atoms with Gasteiger partial charge in [-0.05, 0) is 141 Å². The minimum Gasteiger partial charge on any atom is -0.289 e. The van der Waals surface area contributed by atoms with Gasteiger partial charge in [-0.25, -0.2) is 41.7 Å². The Bertz CT molecular complexity index is 2680. The van der Waals surface area contributed by atoms with E-state index in [1.54, 1.807) is 88.3 Å². The molecular formula is C45H66N6O12S6. The Labute approximate surface area is 420 Å². The third-order valence-electron chi connectivity index (χ3n) is 12.3. The Balaban J connectivity index is 0.000000226. The van der Waals surface area contributed by atoms with Gasteiger partial charge in [0.25, 0.3) is 17.7 Å². The Morgan fingerprint density at radius 3 is 1.16 bits per heavy atom. The highest BCUT2D eigenvalue weighted by molar-refractivity contribution is 8.01. The molecular weight excluding hydrogens is 1010 g/mol. The molecule has 3 atom stereocenters. The van der Waals surface area contributed by atoms with Crippen molar-refractivity contribution in [3.63, 3.8) is 0 Å². The Kier molecular flexibility index (Phi) is 19.1. The maximum absolute atomic E-state index is 13.5. The second-order valence-electron chi connectivity index (χ2n) is 18.6. The van der Waals surface area contributed by atoms with Gasteiger partial charge in [0, 0.05) is 51.1 Å². The summed E-state index contributed by atoms with van der Waals surface area (Å²) in [7, 11) is -11.5. The number of nitrogens with one attached hydrogen (secondary N) is 3. The van der Waals surface area contributed by atoms with Crippen LogP contribution in [0.15, 0.2) is 69.3 Å². The molecule has 3 aliphatic heterocycles. The van der Waals surface area contributed by atoms with E-state index in [1.165, 1.54) is 60.3 Å². The van der Waals surface area contributed by atoms with Crippen molar-refractivity contribution in [1.82, 2.24) is 29.4 Å². The largest absolute Gasteiger partial charge is 0.289 e. The van der Waals surface area contributed by atoms with Crippen LogP contribution in [0.5, 0.6) is 0 Å². The number of thioether (sulfide) groups is 3. The second-order valence-corrected chi connectivity index (χ2v) is 29.4. The van der Waals surface area contributed by atoms with E-state index in [4.69, 9.17) is 15.6 Å². The molecule has 0 spiro atoms. The lowest BCUT2D eigenvalue weighted by Gasteiger charge is -2.43. The summed E-state index contributed by atoms with van der Waals surface area (Å²) in [6, 6.07) is 12.1. The number of amides is 3. The number of rotatable bonds is 9. The van der Waals surface area contributed by atoms with E-state index in [9.17, 15) is 39.6 Å². The summed E-state index contributed by atoms with van der Waals surface area (Å²) in [6.07, 6.45) is 0. The van der Waals surface area contributed by atoms with Crippen molar-refractivity contribution in [3.8, 4) is 0 Å². The van der Waals surface area contributed by atoms with E-state index in [-0.39, 0.29) is 34.3 Å². The van der Waals surface area contributed by atoms with Crippen LogP contribution in [0.2, 0.25) is 0 Å². The van der Waals surface area contributed by atoms with E-state index >= 15 is 0 Å². The highest BCUT2D eigenvalue weighted by Crippen LogP contribution is 2.42. The van der Waals surface area contributed by atoms with E-state index in [0.29, 0.717) is 28.4 Å². The highest BCUT2D eigenvalue weighted by atomic mass is 32.2. The number of carbonyl (C=O) groups excluding carboxylic acids is 3. The summed E-state index contributed by atoms with van der Waals surface area (Å²) in [5.74, 6) is -0.368. The summed E-state index contributed by atoms with van der Waals surface area (Å²) in [6.45, 7) is 22.5. The molecule has 69 heavy (non-hydrogen) atoms. The fourth-order valence-corrected chi connectivity index (χ4v) is 18.9. The Morgan fingerprint density at radius 1 is 0.507 bits per heavy atom. The average Bonchev–Trinajstić information content (AvgIpc) is 3.26. The maximum atomic E-state index is 13.5. The monoisotopic (exact) mass is 1070 g/mol. The number of sulfonamides is 3. The smallest absolute Gasteiger partial charge is 0.263 e. The van der Waals surface area contributed by atoms with Crippen molar-refractivity contribution in [3.05, 3.63) is 88.0 Å². The lowest BCUT2D eigenvalue weighted by Crippen LogP contribution is -2.61.